The SMILES string of the molecule is Cc1cc(Cl)c(CC(=O)Nc2nc3ccc(F)cc3s2)c(Cl)n1. The Kier molecular flexibility index (Phi) is 4.48. The molecule has 23 heavy (non-hydrogen) atoms. The van der Waals surface area contributed by atoms with Crippen molar-refractivity contribution in [1.82, 2.24) is 9.97 Å². The zero-order chi connectivity index (χ0) is 16.6. The summed E-state index contributed by atoms with van der Waals surface area (Å²) >= 11 is 13.3. The van der Waals surface area contributed by atoms with E-state index >= 15 is 0 Å². The second kappa shape index (κ2) is 6.39. The van der Waals surface area contributed by atoms with Crippen LogP contribution in [0.2, 0.25) is 10.2 Å². The van der Waals surface area contributed by atoms with E-state index in [-0.39, 0.29) is 23.3 Å². The summed E-state index contributed by atoms with van der Waals surface area (Å²) in [7, 11) is 0. The van der Waals surface area contributed by atoms with E-state index in [0.717, 1.165) is 0 Å². The number of pyridine rings is 1. The van der Waals surface area contributed by atoms with Crippen LogP contribution in [0, 0.1) is 12.7 Å². The number of anilines is 1. The Morgan fingerprint density at radius 2 is 2.09 bits per heavy atom. The van der Waals surface area contributed by atoms with Crippen LogP contribution in [0.5, 0.6) is 0 Å². The molecule has 0 saturated carbocycles. The number of aromatic nitrogens is 2. The van der Waals surface area contributed by atoms with Gasteiger partial charge in [-0.15, -0.1) is 0 Å². The summed E-state index contributed by atoms with van der Waals surface area (Å²) in [5, 5.41) is 3.66. The fraction of sp³-hybridized carbons (Fsp3) is 0.133. The maximum Gasteiger partial charge on any atom is 0.230 e. The van der Waals surface area contributed by atoms with Gasteiger partial charge in [0.15, 0.2) is 5.13 Å². The number of fused-ring (bicyclic) bond motifs is 1. The maximum absolute atomic E-state index is 13.2. The van der Waals surface area contributed by atoms with Gasteiger partial charge in [0.05, 0.1) is 16.6 Å². The summed E-state index contributed by atoms with van der Waals surface area (Å²) in [5.41, 5.74) is 1.76. The van der Waals surface area contributed by atoms with Crippen molar-refractivity contribution in [3.05, 3.63) is 51.5 Å². The van der Waals surface area contributed by atoms with E-state index in [0.29, 0.717) is 31.6 Å². The van der Waals surface area contributed by atoms with Gasteiger partial charge in [0.2, 0.25) is 5.91 Å². The van der Waals surface area contributed by atoms with Crippen LogP contribution in [0.25, 0.3) is 10.2 Å². The van der Waals surface area contributed by atoms with Crippen molar-refractivity contribution in [3.8, 4) is 0 Å². The molecule has 3 aromatic rings. The summed E-state index contributed by atoms with van der Waals surface area (Å²) in [5.74, 6) is -0.665. The summed E-state index contributed by atoms with van der Waals surface area (Å²) < 4.78 is 13.8. The van der Waals surface area contributed by atoms with Crippen molar-refractivity contribution < 1.29 is 9.18 Å². The van der Waals surface area contributed by atoms with Gasteiger partial charge in [-0.2, -0.15) is 0 Å². The molecule has 1 N–H and O–H groups in total. The molecule has 0 saturated heterocycles. The maximum atomic E-state index is 13.2. The van der Waals surface area contributed by atoms with E-state index in [1.807, 2.05) is 0 Å². The van der Waals surface area contributed by atoms with Crippen molar-refractivity contribution in [1.29, 1.82) is 0 Å². The fourth-order valence-corrected chi connectivity index (χ4v) is 3.63. The van der Waals surface area contributed by atoms with Gasteiger partial charge in [-0.3, -0.25) is 4.79 Å². The van der Waals surface area contributed by atoms with Crippen LogP contribution in [-0.2, 0) is 11.2 Å². The van der Waals surface area contributed by atoms with E-state index in [1.54, 1.807) is 19.1 Å². The average molecular weight is 370 g/mol. The number of aryl methyl sites for hydroxylation is 1. The standard InChI is InChI=1S/C15H10Cl2FN3OS/c1-7-4-10(16)9(14(17)19-7)6-13(22)21-15-20-11-3-2-8(18)5-12(11)23-15/h2-5H,6H2,1H3,(H,20,21,22). The van der Waals surface area contributed by atoms with Crippen LogP contribution < -0.4 is 5.32 Å². The number of benzene rings is 1. The van der Waals surface area contributed by atoms with Gasteiger partial charge in [0.1, 0.15) is 11.0 Å². The predicted molar refractivity (Wildman–Crippen MR) is 90.9 cm³/mol. The largest absolute Gasteiger partial charge is 0.302 e. The number of hydrogen-bond donors (Lipinski definition) is 1. The third-order valence-corrected chi connectivity index (χ3v) is 4.67. The van der Waals surface area contributed by atoms with E-state index in [2.05, 4.69) is 15.3 Å². The number of thiazole rings is 1. The van der Waals surface area contributed by atoms with E-state index in [4.69, 9.17) is 23.2 Å². The molecule has 0 aliphatic carbocycles. The topological polar surface area (TPSA) is 54.9 Å². The summed E-state index contributed by atoms with van der Waals surface area (Å²) in [6.45, 7) is 1.77. The van der Waals surface area contributed by atoms with Crippen LogP contribution in [-0.4, -0.2) is 15.9 Å². The van der Waals surface area contributed by atoms with E-state index in [1.165, 1.54) is 23.5 Å². The Hall–Kier alpha value is -1.76. The molecule has 118 valence electrons. The number of halogens is 3. The van der Waals surface area contributed by atoms with Gasteiger partial charge in [-0.05, 0) is 31.2 Å². The number of hydrogen-bond acceptors (Lipinski definition) is 4. The smallest absolute Gasteiger partial charge is 0.230 e. The van der Waals surface area contributed by atoms with Gasteiger partial charge in [0.25, 0.3) is 0 Å². The first kappa shape index (κ1) is 16.1. The highest BCUT2D eigenvalue weighted by Crippen LogP contribution is 2.28. The Morgan fingerprint density at radius 1 is 1.30 bits per heavy atom. The Morgan fingerprint density at radius 3 is 2.83 bits per heavy atom. The molecule has 0 aliphatic heterocycles. The molecule has 0 aliphatic rings. The van der Waals surface area contributed by atoms with Gasteiger partial charge in [-0.25, -0.2) is 14.4 Å². The molecule has 0 bridgehead atoms. The van der Waals surface area contributed by atoms with Crippen molar-refractivity contribution in [2.75, 3.05) is 5.32 Å². The Bertz CT molecular complexity index is 890. The molecule has 3 rings (SSSR count). The number of nitrogens with one attached hydrogen (secondary N) is 1. The lowest BCUT2D eigenvalue weighted by atomic mass is 10.2. The molecule has 4 nitrogen and oxygen atoms in total. The van der Waals surface area contributed by atoms with Gasteiger partial charge < -0.3 is 5.32 Å². The normalized spacial score (nSPS) is 11.0. The highest BCUT2D eigenvalue weighted by molar-refractivity contribution is 7.22. The highest BCUT2D eigenvalue weighted by Gasteiger charge is 2.15. The van der Waals surface area contributed by atoms with E-state index in [9.17, 15) is 9.18 Å². The van der Waals surface area contributed by atoms with Crippen LogP contribution >= 0.6 is 34.5 Å². The predicted octanol–water partition coefficient (Wildman–Crippen LogP) is 4.63. The molecular formula is C15H10Cl2FN3OS. The third kappa shape index (κ3) is 3.60. The minimum Gasteiger partial charge on any atom is -0.302 e. The van der Waals surface area contributed by atoms with Crippen LogP contribution in [0.1, 0.15) is 11.3 Å². The Balaban J connectivity index is 1.78. The van der Waals surface area contributed by atoms with Gasteiger partial charge in [-0.1, -0.05) is 34.5 Å². The molecule has 2 heterocycles. The molecular weight excluding hydrogens is 360 g/mol. The molecule has 0 atom stereocenters. The number of nitrogens with zero attached hydrogens (tertiary/aromatic N) is 2. The summed E-state index contributed by atoms with van der Waals surface area (Å²) in [6, 6.07) is 5.91. The van der Waals surface area contributed by atoms with Crippen LogP contribution in [0.4, 0.5) is 9.52 Å². The first-order valence-corrected chi connectivity index (χ1v) is 8.17. The van der Waals surface area contributed by atoms with Gasteiger partial charge >= 0.3 is 0 Å². The van der Waals surface area contributed by atoms with Crippen molar-refractivity contribution in [2.45, 2.75) is 13.3 Å². The lowest BCUT2D eigenvalue weighted by molar-refractivity contribution is -0.115. The molecule has 0 unspecified atom stereocenters. The second-order valence-corrected chi connectivity index (χ2v) is 6.67. The Labute approximate surface area is 145 Å². The first-order valence-electron chi connectivity index (χ1n) is 6.60. The average Bonchev–Trinajstić information content (AvgIpc) is 2.84. The minimum atomic E-state index is -0.344. The lowest BCUT2D eigenvalue weighted by Crippen LogP contribution is -2.15. The molecule has 2 aromatic heterocycles. The third-order valence-electron chi connectivity index (χ3n) is 3.08. The van der Waals surface area contributed by atoms with Crippen LogP contribution in [0.3, 0.4) is 0 Å². The molecule has 1 amide bonds. The molecule has 0 spiro atoms. The zero-order valence-electron chi connectivity index (χ0n) is 11.9. The first-order chi connectivity index (χ1) is 10.9. The number of amides is 1. The molecule has 1 aromatic carbocycles. The van der Waals surface area contributed by atoms with Crippen molar-refractivity contribution in [3.63, 3.8) is 0 Å². The molecule has 0 radical (unpaired) electrons. The fourth-order valence-electron chi connectivity index (χ4n) is 2.06. The van der Waals surface area contributed by atoms with Crippen LogP contribution in [0.15, 0.2) is 24.3 Å². The minimum absolute atomic E-state index is 0.0186. The van der Waals surface area contributed by atoms with Crippen molar-refractivity contribution in [2.24, 2.45) is 0 Å². The molecule has 8 heteroatoms. The van der Waals surface area contributed by atoms with Crippen molar-refractivity contribution >= 4 is 55.8 Å². The zero-order valence-corrected chi connectivity index (χ0v) is 14.2. The quantitative estimate of drug-likeness (QED) is 0.684. The second-order valence-electron chi connectivity index (χ2n) is 4.87. The lowest BCUT2D eigenvalue weighted by Gasteiger charge is -2.07. The number of rotatable bonds is 3. The highest BCUT2D eigenvalue weighted by atomic mass is 35.5. The summed E-state index contributed by atoms with van der Waals surface area (Å²) in [6.07, 6.45) is -0.0186. The molecule has 0 fully saturated rings. The van der Waals surface area contributed by atoms with E-state index < -0.39 is 0 Å². The number of carbonyl (C=O) groups excluding carboxylic acids is 1. The van der Waals surface area contributed by atoms with Gasteiger partial charge in [0, 0.05) is 16.3 Å². The number of carbonyl (C=O) groups is 1. The monoisotopic (exact) mass is 369 g/mol. The summed E-state index contributed by atoms with van der Waals surface area (Å²) in [4.78, 5) is 20.5.